The molecule has 4 rings (SSSR count). The molecule has 1 aliphatic heterocycles. The van der Waals surface area contributed by atoms with Crippen LogP contribution in [0.25, 0.3) is 11.4 Å². The molecule has 2 atom stereocenters. The molecular weight excluding hydrogens is 352 g/mol. The lowest BCUT2D eigenvalue weighted by Crippen LogP contribution is -2.42. The van der Waals surface area contributed by atoms with Gasteiger partial charge in [0, 0.05) is 18.2 Å². The highest BCUT2D eigenvalue weighted by Crippen LogP contribution is 2.23. The van der Waals surface area contributed by atoms with Crippen molar-refractivity contribution in [2.75, 3.05) is 13.1 Å². The van der Waals surface area contributed by atoms with E-state index in [4.69, 9.17) is 0 Å². The fourth-order valence-electron chi connectivity index (χ4n) is 4.30. The number of rotatable bonds is 6. The van der Waals surface area contributed by atoms with E-state index in [1.165, 1.54) is 55.6 Å². The fraction of sp³-hybridized carbons (Fsp3) is 0.619. The number of nitrogens with zero attached hydrogens (tertiary/aromatic N) is 5. The van der Waals surface area contributed by atoms with Gasteiger partial charge >= 0.3 is 0 Å². The van der Waals surface area contributed by atoms with E-state index in [1.807, 2.05) is 12.1 Å². The van der Waals surface area contributed by atoms with Crippen molar-refractivity contribution in [1.29, 1.82) is 0 Å². The van der Waals surface area contributed by atoms with E-state index in [1.54, 1.807) is 0 Å². The molecule has 2 fully saturated rings. The molecule has 150 valence electrons. The van der Waals surface area contributed by atoms with Crippen LogP contribution < -0.4 is 5.32 Å². The molecule has 0 bridgehead atoms. The van der Waals surface area contributed by atoms with Crippen molar-refractivity contribution < 1.29 is 4.79 Å². The van der Waals surface area contributed by atoms with E-state index in [-0.39, 0.29) is 18.5 Å². The van der Waals surface area contributed by atoms with E-state index in [2.05, 4.69) is 44.7 Å². The summed E-state index contributed by atoms with van der Waals surface area (Å²) in [4.78, 5) is 16.2. The molecule has 7 heteroatoms. The molecule has 2 aliphatic rings. The van der Waals surface area contributed by atoms with Crippen molar-refractivity contribution >= 4 is 5.91 Å². The summed E-state index contributed by atoms with van der Waals surface area (Å²) in [6.07, 6.45) is 7.31. The molecule has 1 aliphatic carbocycles. The van der Waals surface area contributed by atoms with E-state index in [0.29, 0.717) is 11.7 Å². The molecule has 2 heterocycles. The zero-order valence-electron chi connectivity index (χ0n) is 16.7. The van der Waals surface area contributed by atoms with Crippen LogP contribution in [0.1, 0.15) is 51.0 Å². The van der Waals surface area contributed by atoms with E-state index >= 15 is 0 Å². The van der Waals surface area contributed by atoms with Crippen LogP contribution in [-0.4, -0.2) is 50.1 Å². The van der Waals surface area contributed by atoms with Crippen LogP contribution in [0.15, 0.2) is 24.3 Å². The van der Waals surface area contributed by atoms with Gasteiger partial charge in [-0.25, -0.2) is 0 Å². The van der Waals surface area contributed by atoms with Gasteiger partial charge in [-0.3, -0.25) is 9.69 Å². The Bertz CT molecular complexity index is 780. The van der Waals surface area contributed by atoms with Crippen LogP contribution in [0, 0.1) is 5.92 Å². The van der Waals surface area contributed by atoms with Crippen LogP contribution in [0.2, 0.25) is 0 Å². The monoisotopic (exact) mass is 382 g/mol. The number of benzene rings is 1. The number of amides is 1. The first-order valence-electron chi connectivity index (χ1n) is 10.6. The SMILES string of the molecule is CC1CCCCC1NC(=O)Cn1nnc(-c2ccc(CN3CCCC3)cc2)n1. The lowest BCUT2D eigenvalue weighted by Gasteiger charge is -2.29. The maximum Gasteiger partial charge on any atom is 0.243 e. The first-order valence-corrected chi connectivity index (χ1v) is 10.6. The smallest absolute Gasteiger partial charge is 0.243 e. The Labute approximate surface area is 166 Å². The average Bonchev–Trinajstić information content (AvgIpc) is 3.36. The molecule has 1 aromatic carbocycles. The molecule has 0 radical (unpaired) electrons. The summed E-state index contributed by atoms with van der Waals surface area (Å²) in [6, 6.07) is 8.61. The van der Waals surface area contributed by atoms with Gasteiger partial charge in [-0.05, 0) is 55.5 Å². The molecular formula is C21H30N6O. The Morgan fingerprint density at radius 3 is 2.61 bits per heavy atom. The number of carbonyl (C=O) groups excluding carboxylic acids is 1. The van der Waals surface area contributed by atoms with E-state index in [9.17, 15) is 4.79 Å². The molecule has 1 N–H and O–H groups in total. The Morgan fingerprint density at radius 2 is 1.86 bits per heavy atom. The van der Waals surface area contributed by atoms with Crippen LogP contribution in [0.3, 0.4) is 0 Å². The van der Waals surface area contributed by atoms with Crippen molar-refractivity contribution in [3.63, 3.8) is 0 Å². The summed E-state index contributed by atoms with van der Waals surface area (Å²) in [6.45, 7) is 5.71. The minimum atomic E-state index is -0.0383. The van der Waals surface area contributed by atoms with Gasteiger partial charge in [0.05, 0.1) is 0 Å². The minimum absolute atomic E-state index is 0.0383. The first-order chi connectivity index (χ1) is 13.7. The molecule has 2 aromatic rings. The van der Waals surface area contributed by atoms with Crippen molar-refractivity contribution in [2.24, 2.45) is 5.92 Å². The summed E-state index contributed by atoms with van der Waals surface area (Å²) in [5.74, 6) is 1.06. The lowest BCUT2D eigenvalue weighted by atomic mass is 9.86. The summed E-state index contributed by atoms with van der Waals surface area (Å²) >= 11 is 0. The summed E-state index contributed by atoms with van der Waals surface area (Å²) in [5.41, 5.74) is 2.23. The van der Waals surface area contributed by atoms with Gasteiger partial charge in [0.25, 0.3) is 0 Å². The molecule has 2 unspecified atom stereocenters. The van der Waals surface area contributed by atoms with Crippen LogP contribution in [0.5, 0.6) is 0 Å². The van der Waals surface area contributed by atoms with E-state index in [0.717, 1.165) is 18.5 Å². The van der Waals surface area contributed by atoms with E-state index < -0.39 is 0 Å². The van der Waals surface area contributed by atoms with Crippen molar-refractivity contribution in [1.82, 2.24) is 30.4 Å². The number of aromatic nitrogens is 4. The van der Waals surface area contributed by atoms with Crippen molar-refractivity contribution in [2.45, 2.75) is 64.6 Å². The molecule has 0 spiro atoms. The highest BCUT2D eigenvalue weighted by atomic mass is 16.2. The maximum absolute atomic E-state index is 12.3. The molecule has 28 heavy (non-hydrogen) atoms. The van der Waals surface area contributed by atoms with Gasteiger partial charge in [-0.15, -0.1) is 10.2 Å². The number of hydrogen-bond acceptors (Lipinski definition) is 5. The molecule has 1 saturated carbocycles. The van der Waals surface area contributed by atoms with Gasteiger partial charge in [0.2, 0.25) is 11.7 Å². The Balaban J connectivity index is 1.32. The van der Waals surface area contributed by atoms with Gasteiger partial charge in [0.15, 0.2) is 0 Å². The zero-order valence-corrected chi connectivity index (χ0v) is 16.7. The highest BCUT2D eigenvalue weighted by molar-refractivity contribution is 5.75. The fourth-order valence-corrected chi connectivity index (χ4v) is 4.30. The quantitative estimate of drug-likeness (QED) is 0.831. The number of tetrazole rings is 1. The Kier molecular flexibility index (Phi) is 6.00. The largest absolute Gasteiger partial charge is 0.351 e. The van der Waals surface area contributed by atoms with Crippen LogP contribution in [-0.2, 0) is 17.9 Å². The second-order valence-electron chi connectivity index (χ2n) is 8.26. The molecule has 1 aromatic heterocycles. The predicted octanol–water partition coefficient (Wildman–Crippen LogP) is 2.63. The number of nitrogens with one attached hydrogen (secondary N) is 1. The normalized spacial score (nSPS) is 23.0. The predicted molar refractivity (Wildman–Crippen MR) is 107 cm³/mol. The summed E-state index contributed by atoms with van der Waals surface area (Å²) < 4.78 is 0. The Morgan fingerprint density at radius 1 is 1.11 bits per heavy atom. The van der Waals surface area contributed by atoms with Crippen LogP contribution in [0.4, 0.5) is 0 Å². The molecule has 1 amide bonds. The zero-order chi connectivity index (χ0) is 19.3. The number of hydrogen-bond donors (Lipinski definition) is 1. The third-order valence-electron chi connectivity index (χ3n) is 6.01. The lowest BCUT2D eigenvalue weighted by molar-refractivity contribution is -0.123. The summed E-state index contributed by atoms with van der Waals surface area (Å²) in [5, 5.41) is 15.7. The van der Waals surface area contributed by atoms with Crippen molar-refractivity contribution in [3.05, 3.63) is 29.8 Å². The number of carbonyl (C=O) groups is 1. The standard InChI is InChI=1S/C21H30N6O/c1-16-6-2-3-7-19(16)22-20(28)15-27-24-21(23-25-27)18-10-8-17(9-11-18)14-26-12-4-5-13-26/h8-11,16,19H,2-7,12-15H2,1H3,(H,22,28). The van der Waals surface area contributed by atoms with Gasteiger partial charge in [0.1, 0.15) is 6.54 Å². The summed E-state index contributed by atoms with van der Waals surface area (Å²) in [7, 11) is 0. The first kappa shape index (κ1) is 19.1. The van der Waals surface area contributed by atoms with Gasteiger partial charge < -0.3 is 5.32 Å². The third-order valence-corrected chi connectivity index (χ3v) is 6.01. The van der Waals surface area contributed by atoms with Gasteiger partial charge in [-0.1, -0.05) is 44.0 Å². The third kappa shape index (κ3) is 4.76. The maximum atomic E-state index is 12.3. The Hall–Kier alpha value is -2.28. The van der Waals surface area contributed by atoms with Crippen LogP contribution >= 0.6 is 0 Å². The second-order valence-corrected chi connectivity index (χ2v) is 8.26. The molecule has 7 nitrogen and oxygen atoms in total. The second kappa shape index (κ2) is 8.82. The average molecular weight is 383 g/mol. The highest BCUT2D eigenvalue weighted by Gasteiger charge is 2.23. The molecule has 1 saturated heterocycles. The number of likely N-dealkylation sites (tertiary alicyclic amines) is 1. The minimum Gasteiger partial charge on any atom is -0.351 e. The van der Waals surface area contributed by atoms with Crippen molar-refractivity contribution in [3.8, 4) is 11.4 Å². The topological polar surface area (TPSA) is 75.9 Å². The van der Waals surface area contributed by atoms with Gasteiger partial charge in [-0.2, -0.15) is 4.80 Å².